The minimum Gasteiger partial charge on any atom is -0.496 e. The lowest BCUT2D eigenvalue weighted by Gasteiger charge is -2.34. The van der Waals surface area contributed by atoms with Gasteiger partial charge >= 0.3 is 23.8 Å². The molecular weight excluding hydrogens is 1080 g/mol. The molecule has 27 heteroatoms. The third-order valence-electron chi connectivity index (χ3n) is 12.6. The lowest BCUT2D eigenvalue weighted by Crippen LogP contribution is -2.49. The second-order valence-corrected chi connectivity index (χ2v) is 19.0. The van der Waals surface area contributed by atoms with E-state index >= 15 is 0 Å². The number of likely N-dealkylation sites (N-methyl/N-ethyl adjacent to an activating group) is 1. The Morgan fingerprint density at radius 1 is 0.819 bits per heavy atom. The fourth-order valence-electron chi connectivity index (χ4n) is 8.07. The van der Waals surface area contributed by atoms with Crippen LogP contribution in [0, 0.1) is 0 Å². The van der Waals surface area contributed by atoms with Crippen LogP contribution in [0.1, 0.15) is 76.0 Å². The minimum atomic E-state index is -0.593. The van der Waals surface area contributed by atoms with Gasteiger partial charge < -0.3 is 75.8 Å². The number of unbranched alkanes of at least 4 members (excludes halogenated alkanes) is 1. The average molecular weight is 1160 g/mol. The smallest absolute Gasteiger partial charge is 0.410 e. The molecule has 83 heavy (non-hydrogen) atoms. The topological polar surface area (TPSA) is 348 Å². The number of aldehydes is 1. The number of rotatable bonds is 33. The van der Waals surface area contributed by atoms with Crippen LogP contribution in [0.15, 0.2) is 59.4 Å². The van der Waals surface area contributed by atoms with Crippen LogP contribution in [-0.2, 0) is 62.5 Å². The third-order valence-corrected chi connectivity index (χ3v) is 12.6. The van der Waals surface area contributed by atoms with Gasteiger partial charge in [-0.25, -0.2) is 14.4 Å². The molecule has 1 saturated heterocycles. The van der Waals surface area contributed by atoms with Crippen LogP contribution >= 0.6 is 0 Å². The number of nitrogen functional groups attached to an aromatic ring is 1. The number of carbonyl (C=O) groups excluding carboxylic acids is 7. The molecule has 2 aromatic heterocycles. The number of amides is 7. The number of nitrogens with one attached hydrogen (secondary N) is 5. The van der Waals surface area contributed by atoms with E-state index in [1.807, 2.05) is 18.2 Å². The zero-order chi connectivity index (χ0) is 60.4. The van der Waals surface area contributed by atoms with Crippen LogP contribution in [0.4, 0.5) is 21.1 Å². The maximum atomic E-state index is 12.9. The summed E-state index contributed by atoms with van der Waals surface area (Å²) >= 11 is 0. The van der Waals surface area contributed by atoms with Crippen molar-refractivity contribution in [1.29, 1.82) is 0 Å². The Labute approximate surface area is 483 Å². The number of urea groups is 1. The maximum Gasteiger partial charge on any atom is 0.410 e. The largest absolute Gasteiger partial charge is 0.496 e. The van der Waals surface area contributed by atoms with E-state index in [-0.39, 0.29) is 93.1 Å². The number of nitrogens with zero attached hydrogens (tertiary/aromatic N) is 6. The fourth-order valence-corrected chi connectivity index (χ4v) is 8.07. The maximum absolute atomic E-state index is 12.9. The number of aromatic nitrogens is 4. The molecule has 9 N–H and O–H groups in total. The molecule has 2 aromatic carbocycles. The molecule has 456 valence electrons. The molecule has 6 rings (SSSR count). The Kier molecular flexibility index (Phi) is 30.8. The number of carbonyl (C=O) groups is 7. The highest BCUT2D eigenvalue weighted by Crippen LogP contribution is 2.25. The normalized spacial score (nSPS) is 13.4. The lowest BCUT2D eigenvalue weighted by molar-refractivity contribution is -0.137. The number of benzene rings is 2. The van der Waals surface area contributed by atoms with Gasteiger partial charge in [0, 0.05) is 69.1 Å². The molecule has 27 nitrogen and oxygen atoms in total. The Morgan fingerprint density at radius 3 is 2.12 bits per heavy atom. The first kappa shape index (κ1) is 67.5. The first-order valence-corrected chi connectivity index (χ1v) is 27.9. The second kappa shape index (κ2) is 37.9. The molecule has 0 bridgehead atoms. The van der Waals surface area contributed by atoms with Gasteiger partial charge in [0.15, 0.2) is 11.5 Å². The van der Waals surface area contributed by atoms with Crippen molar-refractivity contribution in [1.82, 2.24) is 50.2 Å². The summed E-state index contributed by atoms with van der Waals surface area (Å²) in [7, 11) is 3.31. The first-order valence-electron chi connectivity index (χ1n) is 27.9. The van der Waals surface area contributed by atoms with Crippen molar-refractivity contribution < 1.29 is 62.0 Å². The molecule has 1 fully saturated rings. The van der Waals surface area contributed by atoms with Crippen molar-refractivity contribution >= 4 is 64.7 Å². The number of fused-ring (bicyclic) bond motifs is 1. The van der Waals surface area contributed by atoms with E-state index in [1.54, 1.807) is 43.3 Å². The summed E-state index contributed by atoms with van der Waals surface area (Å²) < 4.78 is 34.2. The van der Waals surface area contributed by atoms with Crippen LogP contribution in [0.3, 0.4) is 0 Å². The molecule has 0 saturated carbocycles. The summed E-state index contributed by atoms with van der Waals surface area (Å²) in [4.78, 5) is 109. The predicted molar refractivity (Wildman–Crippen MR) is 310 cm³/mol. The number of anilines is 2. The zero-order valence-corrected chi connectivity index (χ0v) is 48.4. The zero-order valence-electron chi connectivity index (χ0n) is 48.4. The number of primary amides is 1. The summed E-state index contributed by atoms with van der Waals surface area (Å²) in [6.45, 7) is 13.0. The van der Waals surface area contributed by atoms with Crippen molar-refractivity contribution in [2.75, 3.05) is 124 Å². The monoisotopic (exact) mass is 1160 g/mol. The number of ether oxygens (including phenoxy) is 6. The standard InChI is InChI=1S/C38H53N11O7.C15H22N2O7.C3H8/c1-4-5-21-55-36-45-32(39)31-33(46-36)49(37(52)44-31)23-27-11-8-25(22-30(27)54-3)14-16-47-17-19-48(20-18-47)38(53)56-24-26-9-12-28(13-10-26)43-34(50)29(41-2)7-6-15-42-35(40)51;18-6-4-16-13(19)3-7-22-9-11-24-12-10-23-8-5-17-14(20)1-2-15(17)21;1-3-2/h8-13,22,29,41H,4-7,14-21,23-24H2,1-3H3,(H,43,50)(H,44,52)(H2,39,45,46)(H3,40,42,51);1-2,6H,3-5,7-12H2,(H,16,19);3H2,1-2H3. The Morgan fingerprint density at radius 2 is 1.48 bits per heavy atom. The van der Waals surface area contributed by atoms with E-state index in [0.29, 0.717) is 107 Å². The van der Waals surface area contributed by atoms with Crippen molar-refractivity contribution in [3.8, 4) is 11.8 Å². The van der Waals surface area contributed by atoms with E-state index in [9.17, 15) is 38.4 Å². The summed E-state index contributed by atoms with van der Waals surface area (Å²) in [5.41, 5.74) is 14.9. The molecule has 1 unspecified atom stereocenters. The van der Waals surface area contributed by atoms with Gasteiger partial charge in [-0.2, -0.15) is 9.97 Å². The highest BCUT2D eigenvalue weighted by Gasteiger charge is 2.24. The molecule has 0 aliphatic carbocycles. The van der Waals surface area contributed by atoms with E-state index < -0.39 is 12.1 Å². The van der Waals surface area contributed by atoms with Crippen LogP contribution in [0.2, 0.25) is 0 Å². The van der Waals surface area contributed by atoms with Crippen LogP contribution in [0.25, 0.3) is 11.2 Å². The van der Waals surface area contributed by atoms with Crippen LogP contribution < -0.4 is 47.9 Å². The number of methoxy groups -OCH3 is 1. The number of imide groups is 1. The summed E-state index contributed by atoms with van der Waals surface area (Å²) in [5, 5.41) is 10.8. The molecule has 4 aromatic rings. The quantitative estimate of drug-likeness (QED) is 0.0205. The van der Waals surface area contributed by atoms with Gasteiger partial charge in [0.2, 0.25) is 11.8 Å². The van der Waals surface area contributed by atoms with Gasteiger partial charge in [0.05, 0.1) is 79.0 Å². The molecule has 2 aliphatic rings. The summed E-state index contributed by atoms with van der Waals surface area (Å²) in [5.74, 6) is -0.267. The molecule has 7 amide bonds. The third kappa shape index (κ3) is 24.2. The van der Waals surface area contributed by atoms with Gasteiger partial charge in [-0.05, 0) is 62.1 Å². The van der Waals surface area contributed by atoms with Crippen molar-refractivity contribution in [3.63, 3.8) is 0 Å². The van der Waals surface area contributed by atoms with Gasteiger partial charge in [0.25, 0.3) is 11.8 Å². The Bertz CT molecular complexity index is 2750. The molecule has 4 heterocycles. The average Bonchev–Trinajstić information content (AvgIpc) is 3.96. The van der Waals surface area contributed by atoms with Gasteiger partial charge in [-0.15, -0.1) is 0 Å². The summed E-state index contributed by atoms with van der Waals surface area (Å²) in [6.07, 6.45) is 7.87. The van der Waals surface area contributed by atoms with E-state index in [4.69, 9.17) is 39.9 Å². The Hall–Kier alpha value is -7.98. The van der Waals surface area contributed by atoms with Crippen LogP contribution in [0.5, 0.6) is 11.8 Å². The van der Waals surface area contributed by atoms with Crippen molar-refractivity contribution in [3.05, 3.63) is 81.8 Å². The van der Waals surface area contributed by atoms with E-state index in [2.05, 4.69) is 61.9 Å². The molecular formula is C56H83N13O14. The van der Waals surface area contributed by atoms with E-state index in [0.717, 1.165) is 47.4 Å². The van der Waals surface area contributed by atoms with Crippen molar-refractivity contribution in [2.24, 2.45) is 5.73 Å². The number of imidazole rings is 1. The molecule has 1 atom stereocenters. The molecule has 2 aliphatic heterocycles. The highest BCUT2D eigenvalue weighted by atomic mass is 16.6. The Balaban J connectivity index is 0.000000456. The van der Waals surface area contributed by atoms with Crippen molar-refractivity contribution in [2.45, 2.75) is 84.9 Å². The highest BCUT2D eigenvalue weighted by molar-refractivity contribution is 6.12. The van der Waals surface area contributed by atoms with E-state index in [1.165, 1.54) is 23.1 Å². The van der Waals surface area contributed by atoms with Gasteiger partial charge in [0.1, 0.15) is 24.2 Å². The molecule has 0 spiro atoms. The minimum absolute atomic E-state index is 0.0124. The lowest BCUT2D eigenvalue weighted by atomic mass is 10.1. The van der Waals surface area contributed by atoms with Gasteiger partial charge in [-0.1, -0.05) is 57.9 Å². The number of aromatic amines is 1. The number of hydrogen-bond donors (Lipinski definition) is 7. The number of nitrogens with two attached hydrogens (primary N) is 2. The molecule has 0 radical (unpaired) electrons. The number of H-pyrrole nitrogens is 1. The summed E-state index contributed by atoms with van der Waals surface area (Å²) in [6, 6.07) is 12.2. The SMILES string of the molecule is CCC.CCCCOc1nc(N)c2[nH]c(=O)n(Cc3ccc(CCN4CCN(C(=O)OCc5ccc(NC(=O)C(CCCNC(N)=O)NC)cc5)CC4)cc3OC)c2n1.O=CCNC(=O)CCOCCOCCOCCN1C(=O)C=CC1=O. The van der Waals surface area contributed by atoms with Gasteiger partial charge in [-0.3, -0.25) is 33.5 Å². The fraction of sp³-hybridized carbons (Fsp3) is 0.536. The second-order valence-electron chi connectivity index (χ2n) is 19.0. The predicted octanol–water partition coefficient (Wildman–Crippen LogP) is 2.49. The van der Waals surface area contributed by atoms with Crippen LogP contribution in [-0.4, -0.2) is 195 Å². The number of piperazine rings is 1. The number of hydrogen-bond acceptors (Lipinski definition) is 19. The first-order chi connectivity index (χ1) is 40.1.